The number of pyridine rings is 1. The highest BCUT2D eigenvalue weighted by molar-refractivity contribution is 5.42. The van der Waals surface area contributed by atoms with E-state index in [1.807, 2.05) is 0 Å². The number of hydrogen-bond donors (Lipinski definition) is 1. The first-order chi connectivity index (χ1) is 9.38. The molecule has 0 aliphatic heterocycles. The molecule has 112 valence electrons. The van der Waals surface area contributed by atoms with Crippen LogP contribution in [-0.4, -0.2) is 18.1 Å². The second kappa shape index (κ2) is 5.89. The van der Waals surface area contributed by atoms with Gasteiger partial charge in [0.05, 0.1) is 5.56 Å². The molecule has 0 bridgehead atoms. The van der Waals surface area contributed by atoms with Gasteiger partial charge >= 0.3 is 6.18 Å². The molecule has 2 rings (SSSR count). The molecule has 3 nitrogen and oxygen atoms in total. The number of anilines is 1. The number of alkyl halides is 3. The first-order valence-electron chi connectivity index (χ1n) is 6.82. The van der Waals surface area contributed by atoms with Crippen LogP contribution in [0.1, 0.15) is 38.2 Å². The Morgan fingerprint density at radius 1 is 1.30 bits per heavy atom. The molecule has 0 saturated heterocycles. The van der Waals surface area contributed by atoms with Gasteiger partial charge in [-0.2, -0.15) is 18.2 Å². The Bertz CT molecular complexity index is 462. The number of nitrogens with one attached hydrogen (secondary N) is 1. The number of halogens is 3. The molecule has 1 aliphatic rings. The molecule has 1 aliphatic carbocycles. The van der Waals surface area contributed by atoms with E-state index in [1.165, 1.54) is 7.05 Å². The highest BCUT2D eigenvalue weighted by Crippen LogP contribution is 2.34. The lowest BCUT2D eigenvalue weighted by molar-refractivity contribution is -0.137. The summed E-state index contributed by atoms with van der Waals surface area (Å²) < 4.78 is 44.1. The van der Waals surface area contributed by atoms with Gasteiger partial charge in [0.15, 0.2) is 0 Å². The molecule has 2 unspecified atom stereocenters. The van der Waals surface area contributed by atoms with Gasteiger partial charge in [0.25, 0.3) is 0 Å². The van der Waals surface area contributed by atoms with E-state index in [4.69, 9.17) is 4.74 Å². The SMILES string of the molecule is CNc1cc(C(F)(F)F)cc(OC2CCCC(C)C2)n1. The van der Waals surface area contributed by atoms with Gasteiger partial charge in [0.2, 0.25) is 5.88 Å². The Hall–Kier alpha value is -1.46. The molecular formula is C14H19F3N2O. The zero-order valence-corrected chi connectivity index (χ0v) is 11.6. The van der Waals surface area contributed by atoms with Gasteiger partial charge in [0.1, 0.15) is 11.9 Å². The molecule has 0 aromatic carbocycles. The third-order valence-electron chi connectivity index (χ3n) is 3.56. The lowest BCUT2D eigenvalue weighted by Crippen LogP contribution is -2.24. The van der Waals surface area contributed by atoms with Crippen molar-refractivity contribution in [2.24, 2.45) is 5.92 Å². The van der Waals surface area contributed by atoms with E-state index in [0.717, 1.165) is 37.8 Å². The normalized spacial score (nSPS) is 23.4. The van der Waals surface area contributed by atoms with Crippen molar-refractivity contribution in [1.82, 2.24) is 4.98 Å². The Labute approximate surface area is 116 Å². The molecular weight excluding hydrogens is 269 g/mol. The van der Waals surface area contributed by atoms with Crippen molar-refractivity contribution in [3.8, 4) is 5.88 Å². The van der Waals surface area contributed by atoms with Gasteiger partial charge in [-0.3, -0.25) is 0 Å². The van der Waals surface area contributed by atoms with Crippen LogP contribution in [0.25, 0.3) is 0 Å². The van der Waals surface area contributed by atoms with Crippen LogP contribution in [0, 0.1) is 5.92 Å². The average molecular weight is 288 g/mol. The van der Waals surface area contributed by atoms with Crippen LogP contribution in [-0.2, 0) is 6.18 Å². The van der Waals surface area contributed by atoms with Crippen LogP contribution >= 0.6 is 0 Å². The van der Waals surface area contributed by atoms with Gasteiger partial charge in [-0.15, -0.1) is 0 Å². The number of nitrogens with zero attached hydrogens (tertiary/aromatic N) is 1. The Morgan fingerprint density at radius 2 is 2.05 bits per heavy atom. The highest BCUT2D eigenvalue weighted by Gasteiger charge is 2.32. The van der Waals surface area contributed by atoms with Crippen LogP contribution in [0.4, 0.5) is 19.0 Å². The standard InChI is InChI=1S/C14H19F3N2O/c1-9-4-3-5-11(6-9)20-13-8-10(14(15,16)17)7-12(18-2)19-13/h7-9,11H,3-6H2,1-2H3,(H,18,19). The maximum absolute atomic E-state index is 12.8. The molecule has 6 heteroatoms. The molecule has 0 amide bonds. The van der Waals surface area contributed by atoms with Crippen molar-refractivity contribution in [3.63, 3.8) is 0 Å². The molecule has 1 N–H and O–H groups in total. The topological polar surface area (TPSA) is 34.1 Å². The van der Waals surface area contributed by atoms with E-state index < -0.39 is 11.7 Å². The lowest BCUT2D eigenvalue weighted by Gasteiger charge is -2.27. The number of rotatable bonds is 3. The number of aromatic nitrogens is 1. The van der Waals surface area contributed by atoms with Crippen molar-refractivity contribution in [1.29, 1.82) is 0 Å². The largest absolute Gasteiger partial charge is 0.474 e. The first kappa shape index (κ1) is 14.9. The summed E-state index contributed by atoms with van der Waals surface area (Å²) in [6, 6.07) is 1.95. The first-order valence-corrected chi connectivity index (χ1v) is 6.82. The van der Waals surface area contributed by atoms with Gasteiger partial charge in [-0.1, -0.05) is 13.3 Å². The highest BCUT2D eigenvalue weighted by atomic mass is 19.4. The van der Waals surface area contributed by atoms with E-state index in [1.54, 1.807) is 0 Å². The summed E-state index contributed by atoms with van der Waals surface area (Å²) in [4.78, 5) is 4.05. The van der Waals surface area contributed by atoms with Crippen LogP contribution in [0.15, 0.2) is 12.1 Å². The summed E-state index contributed by atoms with van der Waals surface area (Å²) in [7, 11) is 1.54. The van der Waals surface area contributed by atoms with Crippen LogP contribution in [0.5, 0.6) is 5.88 Å². The Balaban J connectivity index is 2.18. The maximum Gasteiger partial charge on any atom is 0.416 e. The molecule has 0 spiro atoms. The minimum atomic E-state index is -4.40. The third kappa shape index (κ3) is 3.77. The van der Waals surface area contributed by atoms with E-state index >= 15 is 0 Å². The summed E-state index contributed by atoms with van der Waals surface area (Å²) in [5.41, 5.74) is -0.740. The smallest absolute Gasteiger partial charge is 0.416 e. The van der Waals surface area contributed by atoms with Crippen LogP contribution in [0.3, 0.4) is 0 Å². The van der Waals surface area contributed by atoms with Crippen molar-refractivity contribution >= 4 is 5.82 Å². The summed E-state index contributed by atoms with van der Waals surface area (Å²) >= 11 is 0. The average Bonchev–Trinajstić information content (AvgIpc) is 2.37. The minimum absolute atomic E-state index is 0.0422. The molecule has 1 aromatic heterocycles. The summed E-state index contributed by atoms with van der Waals surface area (Å²) in [5.74, 6) is 0.755. The number of ether oxygens (including phenoxy) is 1. The van der Waals surface area contributed by atoms with Gasteiger partial charge in [0, 0.05) is 13.1 Å². The number of hydrogen-bond acceptors (Lipinski definition) is 3. The fourth-order valence-electron chi connectivity index (χ4n) is 2.51. The molecule has 2 atom stereocenters. The Kier molecular flexibility index (Phi) is 4.40. The van der Waals surface area contributed by atoms with Gasteiger partial charge in [-0.25, -0.2) is 0 Å². The van der Waals surface area contributed by atoms with E-state index in [9.17, 15) is 13.2 Å². The minimum Gasteiger partial charge on any atom is -0.474 e. The molecule has 20 heavy (non-hydrogen) atoms. The molecule has 0 radical (unpaired) electrons. The Morgan fingerprint density at radius 3 is 2.65 bits per heavy atom. The van der Waals surface area contributed by atoms with E-state index in [-0.39, 0.29) is 17.8 Å². The molecule has 1 fully saturated rings. The monoisotopic (exact) mass is 288 g/mol. The van der Waals surface area contributed by atoms with Crippen molar-refractivity contribution in [3.05, 3.63) is 17.7 Å². The van der Waals surface area contributed by atoms with E-state index in [0.29, 0.717) is 5.92 Å². The fraction of sp³-hybridized carbons (Fsp3) is 0.643. The van der Waals surface area contributed by atoms with Crippen molar-refractivity contribution in [2.45, 2.75) is 44.9 Å². The second-order valence-corrected chi connectivity index (χ2v) is 5.34. The predicted octanol–water partition coefficient (Wildman–Crippen LogP) is 4.10. The van der Waals surface area contributed by atoms with Gasteiger partial charge in [-0.05, 0) is 31.2 Å². The maximum atomic E-state index is 12.8. The van der Waals surface area contributed by atoms with E-state index in [2.05, 4.69) is 17.2 Å². The fourth-order valence-corrected chi connectivity index (χ4v) is 2.51. The lowest BCUT2D eigenvalue weighted by atomic mass is 9.89. The molecule has 1 saturated carbocycles. The van der Waals surface area contributed by atoms with Crippen LogP contribution in [0.2, 0.25) is 0 Å². The zero-order valence-electron chi connectivity index (χ0n) is 11.6. The zero-order chi connectivity index (χ0) is 14.8. The molecule has 1 aromatic rings. The molecule has 1 heterocycles. The van der Waals surface area contributed by atoms with Crippen LogP contribution < -0.4 is 10.1 Å². The summed E-state index contributed by atoms with van der Waals surface area (Å²) in [6.45, 7) is 2.13. The quantitative estimate of drug-likeness (QED) is 0.909. The van der Waals surface area contributed by atoms with Crippen molar-refractivity contribution < 1.29 is 17.9 Å². The second-order valence-electron chi connectivity index (χ2n) is 5.34. The van der Waals surface area contributed by atoms with Crippen molar-refractivity contribution in [2.75, 3.05) is 12.4 Å². The van der Waals surface area contributed by atoms with Gasteiger partial charge < -0.3 is 10.1 Å². The predicted molar refractivity (Wildman–Crippen MR) is 70.8 cm³/mol. The summed E-state index contributed by atoms with van der Waals surface area (Å²) in [5, 5.41) is 2.63. The third-order valence-corrected chi connectivity index (χ3v) is 3.56. The summed E-state index contributed by atoms with van der Waals surface area (Å²) in [6.07, 6.45) is -0.503.